The highest BCUT2D eigenvalue weighted by Gasteiger charge is 2.30. The second-order valence-electron chi connectivity index (χ2n) is 6.58. The molecule has 23 heavy (non-hydrogen) atoms. The third-order valence-electron chi connectivity index (χ3n) is 4.70. The van der Waals surface area contributed by atoms with Crippen LogP contribution >= 0.6 is 0 Å². The first-order valence-corrected chi connectivity index (χ1v) is 8.64. The van der Waals surface area contributed by atoms with Crippen molar-refractivity contribution < 1.29 is 9.53 Å². The van der Waals surface area contributed by atoms with Crippen LogP contribution in [0.15, 0.2) is 30.3 Å². The number of amides is 1. The molecule has 5 nitrogen and oxygen atoms in total. The molecule has 0 radical (unpaired) electrons. The van der Waals surface area contributed by atoms with Gasteiger partial charge < -0.3 is 15.4 Å². The maximum Gasteiger partial charge on any atom is 0.240 e. The summed E-state index contributed by atoms with van der Waals surface area (Å²) in [6.45, 7) is 6.35. The zero-order valence-corrected chi connectivity index (χ0v) is 13.8. The molecule has 5 heteroatoms. The minimum Gasteiger partial charge on any atom is -0.375 e. The van der Waals surface area contributed by atoms with Gasteiger partial charge in [-0.3, -0.25) is 9.69 Å². The first-order valence-electron chi connectivity index (χ1n) is 8.64. The summed E-state index contributed by atoms with van der Waals surface area (Å²) in [6.07, 6.45) is 2.12. The molecule has 126 valence electrons. The van der Waals surface area contributed by atoms with Crippen LogP contribution < -0.4 is 10.6 Å². The molecule has 2 fully saturated rings. The molecule has 2 N–H and O–H groups in total. The Bertz CT molecular complexity index is 508. The molecule has 3 rings (SSSR count). The second kappa shape index (κ2) is 7.90. The van der Waals surface area contributed by atoms with Gasteiger partial charge >= 0.3 is 0 Å². The number of hydrogen-bond donors (Lipinski definition) is 2. The number of carbonyl (C=O) groups is 1. The van der Waals surface area contributed by atoms with E-state index in [1.807, 2.05) is 13.0 Å². The fourth-order valence-corrected chi connectivity index (χ4v) is 3.48. The highest BCUT2D eigenvalue weighted by molar-refractivity contribution is 5.82. The number of morpholine rings is 1. The van der Waals surface area contributed by atoms with Gasteiger partial charge in [0.15, 0.2) is 0 Å². The Morgan fingerprint density at radius 2 is 2.22 bits per heavy atom. The van der Waals surface area contributed by atoms with Crippen molar-refractivity contribution in [1.82, 2.24) is 15.5 Å². The van der Waals surface area contributed by atoms with E-state index < -0.39 is 0 Å². The summed E-state index contributed by atoms with van der Waals surface area (Å²) >= 11 is 0. The molecule has 0 bridgehead atoms. The summed E-state index contributed by atoms with van der Waals surface area (Å²) in [5.41, 5.74) is 1.33. The monoisotopic (exact) mass is 317 g/mol. The zero-order chi connectivity index (χ0) is 16.1. The molecule has 0 saturated carbocycles. The van der Waals surface area contributed by atoms with Gasteiger partial charge in [0.2, 0.25) is 5.91 Å². The van der Waals surface area contributed by atoms with E-state index in [9.17, 15) is 4.79 Å². The SMILES string of the molecule is C[C@H]1OCCN[C@@H]1C(=O)NC1CCCN(Cc2ccccc2)C1. The van der Waals surface area contributed by atoms with Crippen LogP contribution in [0.1, 0.15) is 25.3 Å². The number of ether oxygens (including phenoxy) is 1. The van der Waals surface area contributed by atoms with Gasteiger partial charge in [0.1, 0.15) is 6.04 Å². The van der Waals surface area contributed by atoms with Crippen LogP contribution in [0.2, 0.25) is 0 Å². The van der Waals surface area contributed by atoms with Crippen molar-refractivity contribution in [2.45, 2.75) is 44.5 Å². The summed E-state index contributed by atoms with van der Waals surface area (Å²) in [7, 11) is 0. The summed E-state index contributed by atoms with van der Waals surface area (Å²) in [6, 6.07) is 10.5. The van der Waals surface area contributed by atoms with Gasteiger partial charge in [-0.1, -0.05) is 30.3 Å². The van der Waals surface area contributed by atoms with Crippen LogP contribution in [0.25, 0.3) is 0 Å². The summed E-state index contributed by atoms with van der Waals surface area (Å²) in [5, 5.41) is 6.47. The first-order chi connectivity index (χ1) is 11.2. The van der Waals surface area contributed by atoms with E-state index in [0.29, 0.717) is 6.61 Å². The molecule has 3 atom stereocenters. The molecule has 1 unspecified atom stereocenters. The third-order valence-corrected chi connectivity index (χ3v) is 4.70. The Hall–Kier alpha value is -1.43. The molecule has 1 aromatic carbocycles. The minimum absolute atomic E-state index is 0.0623. The lowest BCUT2D eigenvalue weighted by Gasteiger charge is -2.35. The average Bonchev–Trinajstić information content (AvgIpc) is 2.56. The Labute approximate surface area is 138 Å². The molecule has 0 aliphatic carbocycles. The predicted molar refractivity (Wildman–Crippen MR) is 90.1 cm³/mol. The summed E-state index contributed by atoms with van der Waals surface area (Å²) in [4.78, 5) is 14.9. The lowest BCUT2D eigenvalue weighted by Crippen LogP contribution is -2.58. The van der Waals surface area contributed by atoms with Crippen LogP contribution in [-0.4, -0.2) is 55.2 Å². The zero-order valence-electron chi connectivity index (χ0n) is 13.8. The number of piperidine rings is 1. The van der Waals surface area contributed by atoms with Crippen molar-refractivity contribution in [3.63, 3.8) is 0 Å². The number of nitrogens with one attached hydrogen (secondary N) is 2. The highest BCUT2D eigenvalue weighted by Crippen LogP contribution is 2.14. The van der Waals surface area contributed by atoms with Gasteiger partial charge in [0.05, 0.1) is 12.7 Å². The minimum atomic E-state index is -0.228. The number of benzene rings is 1. The van der Waals surface area contributed by atoms with E-state index in [4.69, 9.17) is 4.74 Å². The molecule has 2 saturated heterocycles. The standard InChI is InChI=1S/C18H27N3O2/c1-14-17(19-9-11-23-14)18(22)20-16-8-5-10-21(13-16)12-15-6-3-2-4-7-15/h2-4,6-7,14,16-17,19H,5,8-13H2,1H3,(H,20,22)/t14-,16?,17+/m1/s1. The average molecular weight is 317 g/mol. The normalized spacial score (nSPS) is 29.2. The lowest BCUT2D eigenvalue weighted by molar-refractivity contribution is -0.130. The predicted octanol–water partition coefficient (Wildman–Crippen LogP) is 1.14. The number of nitrogens with zero attached hydrogens (tertiary/aromatic N) is 1. The van der Waals surface area contributed by atoms with Crippen LogP contribution in [-0.2, 0) is 16.1 Å². The van der Waals surface area contributed by atoms with Crippen LogP contribution in [0.5, 0.6) is 0 Å². The van der Waals surface area contributed by atoms with Gasteiger partial charge in [-0.2, -0.15) is 0 Å². The van der Waals surface area contributed by atoms with Crippen molar-refractivity contribution >= 4 is 5.91 Å². The Kier molecular flexibility index (Phi) is 5.65. The number of rotatable bonds is 4. The van der Waals surface area contributed by atoms with Crippen LogP contribution in [0.3, 0.4) is 0 Å². The number of carbonyl (C=O) groups excluding carboxylic acids is 1. The molecular weight excluding hydrogens is 290 g/mol. The summed E-state index contributed by atoms with van der Waals surface area (Å²) < 4.78 is 5.57. The first kappa shape index (κ1) is 16.4. The lowest BCUT2D eigenvalue weighted by atomic mass is 10.0. The Balaban J connectivity index is 1.51. The van der Waals surface area contributed by atoms with Crippen molar-refractivity contribution in [1.29, 1.82) is 0 Å². The molecule has 2 aliphatic rings. The Morgan fingerprint density at radius 3 is 3.00 bits per heavy atom. The summed E-state index contributed by atoms with van der Waals surface area (Å²) in [5.74, 6) is 0.0729. The molecular formula is C18H27N3O2. The molecule has 0 spiro atoms. The fourth-order valence-electron chi connectivity index (χ4n) is 3.48. The van der Waals surface area contributed by atoms with Crippen molar-refractivity contribution in [2.24, 2.45) is 0 Å². The fraction of sp³-hybridized carbons (Fsp3) is 0.611. The topological polar surface area (TPSA) is 53.6 Å². The third kappa shape index (κ3) is 4.53. The van der Waals surface area contributed by atoms with Crippen molar-refractivity contribution in [3.8, 4) is 0 Å². The smallest absolute Gasteiger partial charge is 0.240 e. The molecule has 2 heterocycles. The van der Waals surface area contributed by atoms with Gasteiger partial charge in [-0.05, 0) is 31.9 Å². The molecule has 2 aliphatic heterocycles. The van der Waals surface area contributed by atoms with Gasteiger partial charge in [-0.25, -0.2) is 0 Å². The van der Waals surface area contributed by atoms with E-state index >= 15 is 0 Å². The second-order valence-corrected chi connectivity index (χ2v) is 6.58. The Morgan fingerprint density at radius 1 is 1.39 bits per heavy atom. The maximum atomic E-state index is 12.5. The number of likely N-dealkylation sites (tertiary alicyclic amines) is 1. The van der Waals surface area contributed by atoms with Gasteiger partial charge in [-0.15, -0.1) is 0 Å². The van der Waals surface area contributed by atoms with E-state index in [0.717, 1.165) is 39.0 Å². The molecule has 1 aromatic rings. The van der Waals surface area contributed by atoms with Gasteiger partial charge in [0.25, 0.3) is 0 Å². The van der Waals surface area contributed by atoms with Crippen molar-refractivity contribution in [2.75, 3.05) is 26.2 Å². The molecule has 1 amide bonds. The van der Waals surface area contributed by atoms with E-state index in [2.05, 4.69) is 39.8 Å². The largest absolute Gasteiger partial charge is 0.375 e. The quantitative estimate of drug-likeness (QED) is 0.874. The van der Waals surface area contributed by atoms with Crippen LogP contribution in [0, 0.1) is 0 Å². The van der Waals surface area contributed by atoms with E-state index in [1.54, 1.807) is 0 Å². The van der Waals surface area contributed by atoms with Crippen LogP contribution in [0.4, 0.5) is 0 Å². The number of hydrogen-bond acceptors (Lipinski definition) is 4. The van der Waals surface area contributed by atoms with E-state index in [-0.39, 0.29) is 24.1 Å². The maximum absolute atomic E-state index is 12.5. The highest BCUT2D eigenvalue weighted by atomic mass is 16.5. The molecule has 0 aromatic heterocycles. The van der Waals surface area contributed by atoms with Crippen molar-refractivity contribution in [3.05, 3.63) is 35.9 Å². The van der Waals surface area contributed by atoms with E-state index in [1.165, 1.54) is 5.56 Å². The van der Waals surface area contributed by atoms with Gasteiger partial charge in [0, 0.05) is 25.7 Å².